The van der Waals surface area contributed by atoms with Crippen LogP contribution >= 0.6 is 11.6 Å². The predicted octanol–water partition coefficient (Wildman–Crippen LogP) is 2.47. The summed E-state index contributed by atoms with van der Waals surface area (Å²) < 4.78 is 45.9. The van der Waals surface area contributed by atoms with Crippen LogP contribution in [0.4, 0.5) is 4.39 Å². The molecule has 2 aromatic carbocycles. The highest BCUT2D eigenvalue weighted by molar-refractivity contribution is 7.89. The second-order valence-electron chi connectivity index (χ2n) is 6.29. The summed E-state index contributed by atoms with van der Waals surface area (Å²) in [5, 5.41) is 3.35. The van der Waals surface area contributed by atoms with E-state index in [0.717, 1.165) is 22.0 Å². The van der Waals surface area contributed by atoms with Gasteiger partial charge in [0.15, 0.2) is 0 Å². The fourth-order valence-corrected chi connectivity index (χ4v) is 4.47. The molecule has 1 saturated heterocycles. The van der Waals surface area contributed by atoms with Crippen LogP contribution in [-0.4, -0.2) is 51.5 Å². The molecular formula is C19H20ClFN2O4S. The smallest absolute Gasteiger partial charge is 0.251 e. The molecule has 2 aromatic rings. The number of benzene rings is 2. The van der Waals surface area contributed by atoms with E-state index in [9.17, 15) is 17.6 Å². The normalized spacial score (nSPS) is 15.4. The average molecular weight is 427 g/mol. The Morgan fingerprint density at radius 1 is 1.14 bits per heavy atom. The van der Waals surface area contributed by atoms with Gasteiger partial charge in [-0.2, -0.15) is 4.31 Å². The highest BCUT2D eigenvalue weighted by atomic mass is 35.5. The number of ether oxygens (including phenoxy) is 1. The van der Waals surface area contributed by atoms with E-state index in [2.05, 4.69) is 5.32 Å². The van der Waals surface area contributed by atoms with Gasteiger partial charge in [0, 0.05) is 30.2 Å². The molecule has 0 saturated carbocycles. The van der Waals surface area contributed by atoms with Gasteiger partial charge in [-0.25, -0.2) is 12.8 Å². The first-order valence-corrected chi connectivity index (χ1v) is 10.6. The predicted molar refractivity (Wildman–Crippen MR) is 103 cm³/mol. The quantitative estimate of drug-likeness (QED) is 0.770. The van der Waals surface area contributed by atoms with Crippen LogP contribution in [0.25, 0.3) is 0 Å². The molecule has 0 bridgehead atoms. The zero-order valence-electron chi connectivity index (χ0n) is 15.0. The lowest BCUT2D eigenvalue weighted by molar-refractivity contribution is 0.0729. The Bertz CT molecular complexity index is 945. The molecule has 3 rings (SSSR count). The van der Waals surface area contributed by atoms with E-state index in [1.54, 1.807) is 12.1 Å². The van der Waals surface area contributed by atoms with Crippen molar-refractivity contribution in [1.29, 1.82) is 0 Å². The second kappa shape index (κ2) is 9.00. The fraction of sp³-hybridized carbons (Fsp3) is 0.316. The molecule has 1 amide bonds. The van der Waals surface area contributed by atoms with E-state index in [0.29, 0.717) is 18.0 Å². The van der Waals surface area contributed by atoms with Crippen molar-refractivity contribution in [1.82, 2.24) is 9.62 Å². The van der Waals surface area contributed by atoms with Crippen LogP contribution in [-0.2, 0) is 21.2 Å². The molecule has 0 spiro atoms. The van der Waals surface area contributed by atoms with E-state index in [-0.39, 0.29) is 31.9 Å². The number of amides is 1. The molecule has 6 nitrogen and oxygen atoms in total. The van der Waals surface area contributed by atoms with Crippen LogP contribution in [0.5, 0.6) is 0 Å². The molecule has 1 fully saturated rings. The SMILES string of the molecule is O=C(NCCc1ccc(Cl)cc1)c1ccc(F)c(S(=O)(=O)N2CCOCC2)c1. The van der Waals surface area contributed by atoms with Gasteiger partial charge in [0.05, 0.1) is 13.2 Å². The van der Waals surface area contributed by atoms with Crippen LogP contribution in [0, 0.1) is 5.82 Å². The number of hydrogen-bond acceptors (Lipinski definition) is 4. The summed E-state index contributed by atoms with van der Waals surface area (Å²) in [6.07, 6.45) is 0.586. The van der Waals surface area contributed by atoms with Crippen molar-refractivity contribution in [3.05, 3.63) is 64.4 Å². The summed E-state index contributed by atoms with van der Waals surface area (Å²) in [6.45, 7) is 1.17. The van der Waals surface area contributed by atoms with Gasteiger partial charge in [0.1, 0.15) is 10.7 Å². The molecule has 0 aromatic heterocycles. The highest BCUT2D eigenvalue weighted by Gasteiger charge is 2.29. The number of morpholine rings is 1. The van der Waals surface area contributed by atoms with Crippen molar-refractivity contribution in [2.45, 2.75) is 11.3 Å². The molecule has 1 heterocycles. The standard InChI is InChI=1S/C19H20ClFN2O4S/c20-16-4-1-14(2-5-16)7-8-22-19(24)15-3-6-17(21)18(13-15)28(25,26)23-9-11-27-12-10-23/h1-6,13H,7-12H2,(H,22,24). The topological polar surface area (TPSA) is 75.7 Å². The van der Waals surface area contributed by atoms with Gasteiger partial charge in [0.2, 0.25) is 10.0 Å². The molecule has 1 aliphatic rings. The summed E-state index contributed by atoms with van der Waals surface area (Å²) in [5.74, 6) is -1.35. The zero-order chi connectivity index (χ0) is 20.1. The Labute approximate surface area is 168 Å². The molecule has 0 aliphatic carbocycles. The molecule has 0 radical (unpaired) electrons. The first-order chi connectivity index (χ1) is 13.4. The minimum Gasteiger partial charge on any atom is -0.379 e. The Balaban J connectivity index is 1.69. The monoisotopic (exact) mass is 426 g/mol. The fourth-order valence-electron chi connectivity index (χ4n) is 2.84. The maximum atomic E-state index is 14.2. The number of carbonyl (C=O) groups excluding carboxylic acids is 1. The van der Waals surface area contributed by atoms with Crippen LogP contribution in [0.3, 0.4) is 0 Å². The van der Waals surface area contributed by atoms with Crippen molar-refractivity contribution >= 4 is 27.5 Å². The third kappa shape index (κ3) is 4.88. The molecular weight excluding hydrogens is 407 g/mol. The molecule has 9 heteroatoms. The third-order valence-electron chi connectivity index (χ3n) is 4.39. The summed E-state index contributed by atoms with van der Waals surface area (Å²) in [5.41, 5.74) is 1.09. The Kier molecular flexibility index (Phi) is 6.66. The Morgan fingerprint density at radius 2 is 1.82 bits per heavy atom. The number of halogens is 2. The van der Waals surface area contributed by atoms with E-state index in [1.165, 1.54) is 6.07 Å². The number of nitrogens with one attached hydrogen (secondary N) is 1. The lowest BCUT2D eigenvalue weighted by Crippen LogP contribution is -2.41. The second-order valence-corrected chi connectivity index (χ2v) is 8.64. The van der Waals surface area contributed by atoms with Gasteiger partial charge in [-0.15, -0.1) is 0 Å². The number of carbonyl (C=O) groups is 1. The van der Waals surface area contributed by atoms with Gasteiger partial charge >= 0.3 is 0 Å². The molecule has 0 unspecified atom stereocenters. The van der Waals surface area contributed by atoms with Crippen molar-refractivity contribution in [3.63, 3.8) is 0 Å². The highest BCUT2D eigenvalue weighted by Crippen LogP contribution is 2.22. The molecule has 150 valence electrons. The largest absolute Gasteiger partial charge is 0.379 e. The van der Waals surface area contributed by atoms with E-state index >= 15 is 0 Å². The van der Waals surface area contributed by atoms with Crippen molar-refractivity contribution in [2.24, 2.45) is 0 Å². The van der Waals surface area contributed by atoms with Crippen molar-refractivity contribution in [3.8, 4) is 0 Å². The number of rotatable bonds is 6. The van der Waals surface area contributed by atoms with Gasteiger partial charge in [-0.1, -0.05) is 23.7 Å². The minimum atomic E-state index is -4.03. The van der Waals surface area contributed by atoms with E-state index in [4.69, 9.17) is 16.3 Å². The van der Waals surface area contributed by atoms with Gasteiger partial charge in [0.25, 0.3) is 5.91 Å². The summed E-state index contributed by atoms with van der Waals surface area (Å²) in [7, 11) is -4.03. The molecule has 28 heavy (non-hydrogen) atoms. The van der Waals surface area contributed by atoms with Gasteiger partial charge in [-0.05, 0) is 42.3 Å². The van der Waals surface area contributed by atoms with Crippen LogP contribution in [0.1, 0.15) is 15.9 Å². The van der Waals surface area contributed by atoms with Crippen LogP contribution < -0.4 is 5.32 Å². The summed E-state index contributed by atoms with van der Waals surface area (Å²) >= 11 is 5.84. The number of nitrogens with zero attached hydrogens (tertiary/aromatic N) is 1. The van der Waals surface area contributed by atoms with E-state index < -0.39 is 26.6 Å². The van der Waals surface area contributed by atoms with Gasteiger partial charge in [-0.3, -0.25) is 4.79 Å². The maximum absolute atomic E-state index is 14.2. The Morgan fingerprint density at radius 3 is 2.50 bits per heavy atom. The maximum Gasteiger partial charge on any atom is 0.251 e. The lowest BCUT2D eigenvalue weighted by atomic mass is 10.1. The summed E-state index contributed by atoms with van der Waals surface area (Å²) in [4.78, 5) is 11.9. The zero-order valence-corrected chi connectivity index (χ0v) is 16.6. The number of sulfonamides is 1. The van der Waals surface area contributed by atoms with Crippen molar-refractivity contribution in [2.75, 3.05) is 32.8 Å². The first-order valence-electron chi connectivity index (χ1n) is 8.78. The van der Waals surface area contributed by atoms with Crippen LogP contribution in [0.2, 0.25) is 5.02 Å². The minimum absolute atomic E-state index is 0.0874. The van der Waals surface area contributed by atoms with Crippen LogP contribution in [0.15, 0.2) is 47.4 Å². The van der Waals surface area contributed by atoms with Gasteiger partial charge < -0.3 is 10.1 Å². The average Bonchev–Trinajstić information content (AvgIpc) is 2.70. The molecule has 0 atom stereocenters. The molecule has 1 aliphatic heterocycles. The van der Waals surface area contributed by atoms with E-state index in [1.807, 2.05) is 12.1 Å². The first kappa shape index (κ1) is 20.7. The lowest BCUT2D eigenvalue weighted by Gasteiger charge is -2.26. The van der Waals surface area contributed by atoms with Crippen molar-refractivity contribution < 1.29 is 22.3 Å². The molecule has 1 N–H and O–H groups in total. The Hall–Kier alpha value is -2.00. The summed E-state index contributed by atoms with van der Waals surface area (Å²) in [6, 6.07) is 10.6. The third-order valence-corrected chi connectivity index (χ3v) is 6.56. The number of hydrogen-bond donors (Lipinski definition) is 1.